The summed E-state index contributed by atoms with van der Waals surface area (Å²) in [7, 11) is 1.84. The summed E-state index contributed by atoms with van der Waals surface area (Å²) in [6, 6.07) is 8.65. The molecule has 30 heavy (non-hydrogen) atoms. The van der Waals surface area contributed by atoms with E-state index in [4.69, 9.17) is 9.72 Å². The van der Waals surface area contributed by atoms with Crippen LogP contribution < -0.4 is 15.4 Å². The number of nitrogens with one attached hydrogen (secondary N) is 2. The molecule has 3 heterocycles. The highest BCUT2D eigenvalue weighted by Gasteiger charge is 2.43. The number of nitrogens with zero attached hydrogens (tertiary/aromatic N) is 3. The molecule has 1 aliphatic carbocycles. The van der Waals surface area contributed by atoms with E-state index in [0.29, 0.717) is 6.54 Å². The molecule has 1 aromatic carbocycles. The van der Waals surface area contributed by atoms with Crippen LogP contribution in [0.5, 0.6) is 5.75 Å². The molecule has 7 heteroatoms. The fourth-order valence-electron chi connectivity index (χ4n) is 5.16. The Morgan fingerprint density at radius 1 is 1.23 bits per heavy atom. The first-order chi connectivity index (χ1) is 14.2. The number of guanidine groups is 1. The summed E-state index contributed by atoms with van der Waals surface area (Å²) < 4.78 is 8.79. The van der Waals surface area contributed by atoms with Gasteiger partial charge < -0.3 is 19.9 Å². The zero-order valence-electron chi connectivity index (χ0n) is 17.7. The molecule has 5 rings (SSSR count). The van der Waals surface area contributed by atoms with Crippen LogP contribution in [0.3, 0.4) is 0 Å². The zero-order chi connectivity index (χ0) is 19.7. The van der Waals surface area contributed by atoms with Crippen molar-refractivity contribution in [3.05, 3.63) is 47.5 Å². The Morgan fingerprint density at radius 2 is 2.07 bits per heavy atom. The van der Waals surface area contributed by atoms with Crippen LogP contribution in [0.1, 0.15) is 68.1 Å². The van der Waals surface area contributed by atoms with Gasteiger partial charge in [-0.3, -0.25) is 4.99 Å². The van der Waals surface area contributed by atoms with Gasteiger partial charge in [-0.1, -0.05) is 18.2 Å². The lowest BCUT2D eigenvalue weighted by molar-refractivity contribution is 0.0396. The topological polar surface area (TPSA) is 63.5 Å². The normalized spacial score (nSPS) is 21.9. The van der Waals surface area contributed by atoms with Crippen LogP contribution in [0.4, 0.5) is 0 Å². The Hall–Kier alpha value is -1.77. The van der Waals surface area contributed by atoms with Crippen molar-refractivity contribution >= 4 is 29.9 Å². The average molecular weight is 521 g/mol. The van der Waals surface area contributed by atoms with Crippen LogP contribution in [0.15, 0.2) is 35.5 Å². The second-order valence-electron chi connectivity index (χ2n) is 8.66. The summed E-state index contributed by atoms with van der Waals surface area (Å²) in [6.07, 6.45) is 11.6. The van der Waals surface area contributed by atoms with Gasteiger partial charge in [-0.25, -0.2) is 4.98 Å². The number of rotatable bonds is 3. The molecule has 2 aromatic rings. The number of hydrogen-bond acceptors (Lipinski definition) is 3. The van der Waals surface area contributed by atoms with Gasteiger partial charge in [-0.15, -0.1) is 24.0 Å². The number of halogens is 1. The average Bonchev–Trinajstić information content (AvgIpc) is 3.37. The molecule has 0 bridgehead atoms. The molecular weight excluding hydrogens is 489 g/mol. The number of imidazole rings is 1. The molecule has 1 spiro atoms. The first kappa shape index (κ1) is 21.5. The molecule has 0 radical (unpaired) electrons. The fourth-order valence-corrected chi connectivity index (χ4v) is 5.16. The van der Waals surface area contributed by atoms with E-state index in [-0.39, 0.29) is 35.6 Å². The summed E-state index contributed by atoms with van der Waals surface area (Å²) >= 11 is 0. The van der Waals surface area contributed by atoms with Gasteiger partial charge in [0.25, 0.3) is 0 Å². The third-order valence-corrected chi connectivity index (χ3v) is 6.64. The number of benzene rings is 1. The van der Waals surface area contributed by atoms with Crippen LogP contribution in [0, 0.1) is 0 Å². The maximum atomic E-state index is 6.49. The first-order valence-corrected chi connectivity index (χ1v) is 11.0. The molecule has 1 fully saturated rings. The number of hydrogen-bond donors (Lipinski definition) is 2. The zero-order valence-corrected chi connectivity index (χ0v) is 20.0. The number of aryl methyl sites for hydroxylation is 2. The van der Waals surface area contributed by atoms with Crippen LogP contribution in [0.2, 0.25) is 0 Å². The number of fused-ring (bicyclic) bond motifs is 2. The minimum absolute atomic E-state index is 0. The molecule has 162 valence electrons. The standard InChI is InChI=1S/C23H31N5O.HI/c1-24-22(25-15-17-16-28-13-7-4-10-21(28)26-17)27-19-14-23(11-5-6-12-23)29-20-9-3-2-8-18(19)20;/h2-3,8-9,16,19H,4-7,10-15H2,1H3,(H2,24,25,27);1H. The second-order valence-corrected chi connectivity index (χ2v) is 8.66. The van der Waals surface area contributed by atoms with Crippen molar-refractivity contribution in [1.82, 2.24) is 20.2 Å². The molecule has 0 amide bonds. The Balaban J connectivity index is 0.00000218. The molecular formula is C23H32IN5O. The fraction of sp³-hybridized carbons (Fsp3) is 0.565. The monoisotopic (exact) mass is 521 g/mol. The highest BCUT2D eigenvalue weighted by Crippen LogP contribution is 2.46. The van der Waals surface area contributed by atoms with Gasteiger partial charge in [0.2, 0.25) is 0 Å². The minimum atomic E-state index is -0.0200. The van der Waals surface area contributed by atoms with Gasteiger partial charge in [-0.05, 0) is 44.6 Å². The molecule has 6 nitrogen and oxygen atoms in total. The van der Waals surface area contributed by atoms with Gasteiger partial charge in [0.05, 0.1) is 18.3 Å². The summed E-state index contributed by atoms with van der Waals surface area (Å²) in [6.45, 7) is 1.78. The van der Waals surface area contributed by atoms with Crippen molar-refractivity contribution in [3.8, 4) is 5.75 Å². The number of aliphatic imine (C=N–C) groups is 1. The summed E-state index contributed by atoms with van der Waals surface area (Å²) in [5, 5.41) is 7.14. The summed E-state index contributed by atoms with van der Waals surface area (Å²) in [5.74, 6) is 3.07. The number of aromatic nitrogens is 2. The lowest BCUT2D eigenvalue weighted by Gasteiger charge is -2.40. The summed E-state index contributed by atoms with van der Waals surface area (Å²) in [4.78, 5) is 9.28. The Labute approximate surface area is 195 Å². The Kier molecular flexibility index (Phi) is 6.55. The van der Waals surface area contributed by atoms with Gasteiger partial charge in [0.15, 0.2) is 5.96 Å². The molecule has 1 atom stereocenters. The Morgan fingerprint density at radius 3 is 2.87 bits per heavy atom. The molecule has 2 aliphatic heterocycles. The van der Waals surface area contributed by atoms with Crippen molar-refractivity contribution in [1.29, 1.82) is 0 Å². The van der Waals surface area contributed by atoms with Crippen LogP contribution in [0.25, 0.3) is 0 Å². The third-order valence-electron chi connectivity index (χ3n) is 6.64. The Bertz CT molecular complexity index is 879. The lowest BCUT2D eigenvalue weighted by atomic mass is 9.86. The molecule has 1 unspecified atom stereocenters. The van der Waals surface area contributed by atoms with E-state index in [2.05, 4.69) is 50.7 Å². The smallest absolute Gasteiger partial charge is 0.191 e. The van der Waals surface area contributed by atoms with E-state index in [9.17, 15) is 0 Å². The lowest BCUT2D eigenvalue weighted by Crippen LogP contribution is -2.46. The molecule has 1 saturated carbocycles. The van der Waals surface area contributed by atoms with E-state index in [0.717, 1.165) is 49.6 Å². The molecule has 3 aliphatic rings. The predicted octanol–water partition coefficient (Wildman–Crippen LogP) is 4.34. The predicted molar refractivity (Wildman–Crippen MR) is 130 cm³/mol. The minimum Gasteiger partial charge on any atom is -0.487 e. The SMILES string of the molecule is CN=C(NCc1cn2c(n1)CCCC2)NC1CC2(CCCC2)Oc2ccccc21.I. The van der Waals surface area contributed by atoms with Crippen molar-refractivity contribution in [2.24, 2.45) is 4.99 Å². The van der Waals surface area contributed by atoms with E-state index in [1.807, 2.05) is 7.05 Å². The van der Waals surface area contributed by atoms with Gasteiger partial charge in [0, 0.05) is 38.2 Å². The van der Waals surface area contributed by atoms with Crippen LogP contribution in [-0.4, -0.2) is 28.2 Å². The highest BCUT2D eigenvalue weighted by molar-refractivity contribution is 14.0. The third kappa shape index (κ3) is 4.31. The van der Waals surface area contributed by atoms with Crippen LogP contribution >= 0.6 is 24.0 Å². The van der Waals surface area contributed by atoms with E-state index in [1.54, 1.807) is 0 Å². The van der Waals surface area contributed by atoms with E-state index >= 15 is 0 Å². The molecule has 1 aromatic heterocycles. The maximum absolute atomic E-state index is 6.49. The molecule has 2 N–H and O–H groups in total. The van der Waals surface area contributed by atoms with Gasteiger partial charge in [0.1, 0.15) is 17.2 Å². The van der Waals surface area contributed by atoms with Gasteiger partial charge in [-0.2, -0.15) is 0 Å². The van der Waals surface area contributed by atoms with Crippen LogP contribution in [-0.2, 0) is 19.5 Å². The largest absolute Gasteiger partial charge is 0.487 e. The van der Waals surface area contributed by atoms with E-state index in [1.165, 1.54) is 37.1 Å². The van der Waals surface area contributed by atoms with Crippen molar-refractivity contribution in [3.63, 3.8) is 0 Å². The molecule has 0 saturated heterocycles. The first-order valence-electron chi connectivity index (χ1n) is 11.0. The van der Waals surface area contributed by atoms with Crippen molar-refractivity contribution in [2.45, 2.75) is 76.1 Å². The summed E-state index contributed by atoms with van der Waals surface area (Å²) in [5.41, 5.74) is 2.29. The maximum Gasteiger partial charge on any atom is 0.191 e. The second kappa shape index (κ2) is 9.16. The van der Waals surface area contributed by atoms with Gasteiger partial charge >= 0.3 is 0 Å². The van der Waals surface area contributed by atoms with E-state index < -0.39 is 0 Å². The number of para-hydroxylation sites is 1. The quantitative estimate of drug-likeness (QED) is 0.359. The van der Waals surface area contributed by atoms with Crippen molar-refractivity contribution < 1.29 is 4.74 Å². The number of ether oxygens (including phenoxy) is 1. The van der Waals surface area contributed by atoms with Crippen molar-refractivity contribution in [2.75, 3.05) is 7.05 Å². The highest BCUT2D eigenvalue weighted by atomic mass is 127.